The Kier molecular flexibility index (Phi) is 5.17. The van der Waals surface area contributed by atoms with Crippen molar-refractivity contribution in [2.24, 2.45) is 0 Å². The number of nitrogens with zero attached hydrogens (tertiary/aromatic N) is 1. The summed E-state index contributed by atoms with van der Waals surface area (Å²) in [6.07, 6.45) is 4.19. The van der Waals surface area contributed by atoms with Crippen LogP contribution in [-0.4, -0.2) is 35.0 Å². The van der Waals surface area contributed by atoms with Gasteiger partial charge in [0, 0.05) is 19.0 Å². The third kappa shape index (κ3) is 5.07. The van der Waals surface area contributed by atoms with Crippen LogP contribution < -0.4 is 0 Å². The van der Waals surface area contributed by atoms with E-state index in [-0.39, 0.29) is 17.9 Å². The minimum absolute atomic E-state index is 0.164. The summed E-state index contributed by atoms with van der Waals surface area (Å²) in [6, 6.07) is 0.164. The lowest BCUT2D eigenvalue weighted by Crippen LogP contribution is -2.46. The number of piperidine rings is 1. The van der Waals surface area contributed by atoms with Crippen molar-refractivity contribution < 1.29 is 14.3 Å². The summed E-state index contributed by atoms with van der Waals surface area (Å²) in [6.45, 7) is 7.97. The first-order chi connectivity index (χ1) is 8.29. The van der Waals surface area contributed by atoms with Crippen molar-refractivity contribution in [3.63, 3.8) is 0 Å². The molecule has 1 unspecified atom stereocenters. The van der Waals surface area contributed by atoms with Crippen LogP contribution in [0.2, 0.25) is 0 Å². The van der Waals surface area contributed by atoms with Gasteiger partial charge in [-0.1, -0.05) is 0 Å². The molecule has 4 heteroatoms. The Morgan fingerprint density at radius 3 is 2.50 bits per heavy atom. The molecule has 0 radical (unpaired) electrons. The maximum absolute atomic E-state index is 12.1. The van der Waals surface area contributed by atoms with E-state index < -0.39 is 5.60 Å². The smallest absolute Gasteiger partial charge is 0.410 e. The van der Waals surface area contributed by atoms with Gasteiger partial charge >= 0.3 is 6.09 Å². The normalized spacial score (nSPS) is 20.7. The largest absolute Gasteiger partial charge is 0.444 e. The molecule has 0 bridgehead atoms. The van der Waals surface area contributed by atoms with Gasteiger partial charge in [-0.05, 0) is 53.4 Å². The fourth-order valence-electron chi connectivity index (χ4n) is 2.23. The molecule has 1 amide bonds. The average molecular weight is 255 g/mol. The number of hydrogen-bond donors (Lipinski definition) is 0. The first kappa shape index (κ1) is 15.0. The van der Waals surface area contributed by atoms with Crippen molar-refractivity contribution >= 4 is 11.9 Å². The predicted molar refractivity (Wildman–Crippen MR) is 70.5 cm³/mol. The number of ether oxygens (including phenoxy) is 1. The van der Waals surface area contributed by atoms with Crippen LogP contribution in [-0.2, 0) is 9.53 Å². The second-order valence-corrected chi connectivity index (χ2v) is 6.06. The Labute approximate surface area is 110 Å². The highest BCUT2D eigenvalue weighted by molar-refractivity contribution is 5.75. The van der Waals surface area contributed by atoms with Gasteiger partial charge in [0.25, 0.3) is 0 Å². The molecule has 0 aromatic carbocycles. The molecule has 0 aromatic rings. The topological polar surface area (TPSA) is 46.6 Å². The van der Waals surface area contributed by atoms with E-state index in [4.69, 9.17) is 4.74 Å². The fraction of sp³-hybridized carbons (Fsp3) is 0.857. The first-order valence-corrected chi connectivity index (χ1v) is 6.78. The van der Waals surface area contributed by atoms with Gasteiger partial charge in [0.2, 0.25) is 0 Å². The van der Waals surface area contributed by atoms with Crippen LogP contribution >= 0.6 is 0 Å². The Hall–Kier alpha value is -1.06. The number of hydrogen-bond acceptors (Lipinski definition) is 3. The molecule has 1 saturated heterocycles. The number of carbonyl (C=O) groups is 2. The Bertz CT molecular complexity index is 307. The first-order valence-electron chi connectivity index (χ1n) is 6.78. The van der Waals surface area contributed by atoms with Crippen LogP contribution in [0, 0.1) is 0 Å². The SMILES string of the molecule is CC(=O)CCC1CCCCN1C(=O)OC(C)(C)C. The van der Waals surface area contributed by atoms with Crippen molar-refractivity contribution in [3.8, 4) is 0 Å². The molecule has 0 saturated carbocycles. The van der Waals surface area contributed by atoms with Gasteiger partial charge in [0.1, 0.15) is 11.4 Å². The number of amides is 1. The van der Waals surface area contributed by atoms with E-state index in [1.807, 2.05) is 20.8 Å². The zero-order chi connectivity index (χ0) is 13.8. The number of ketones is 1. The minimum atomic E-state index is -0.459. The van der Waals surface area contributed by atoms with Gasteiger partial charge in [-0.3, -0.25) is 0 Å². The summed E-state index contributed by atoms with van der Waals surface area (Å²) in [5, 5.41) is 0. The number of rotatable bonds is 3. The van der Waals surface area contributed by atoms with Gasteiger partial charge in [-0.25, -0.2) is 4.79 Å². The van der Waals surface area contributed by atoms with Crippen molar-refractivity contribution in [2.45, 2.75) is 71.4 Å². The molecular weight excluding hydrogens is 230 g/mol. The summed E-state index contributed by atoms with van der Waals surface area (Å²) >= 11 is 0. The quantitative estimate of drug-likeness (QED) is 0.778. The molecule has 1 rings (SSSR count). The molecule has 1 aliphatic heterocycles. The maximum Gasteiger partial charge on any atom is 0.410 e. The van der Waals surface area contributed by atoms with Crippen LogP contribution in [0.4, 0.5) is 4.79 Å². The highest BCUT2D eigenvalue weighted by Crippen LogP contribution is 2.23. The van der Waals surface area contributed by atoms with Gasteiger partial charge in [0.15, 0.2) is 0 Å². The van der Waals surface area contributed by atoms with Crippen LogP contribution in [0.25, 0.3) is 0 Å². The monoisotopic (exact) mass is 255 g/mol. The zero-order valence-corrected chi connectivity index (χ0v) is 12.0. The molecule has 4 nitrogen and oxygen atoms in total. The minimum Gasteiger partial charge on any atom is -0.444 e. The summed E-state index contributed by atoms with van der Waals surface area (Å²) < 4.78 is 5.42. The van der Waals surface area contributed by atoms with Crippen molar-refractivity contribution in [1.29, 1.82) is 0 Å². The van der Waals surface area contributed by atoms with Crippen LogP contribution in [0.15, 0.2) is 0 Å². The molecule has 104 valence electrons. The standard InChI is InChI=1S/C14H25NO3/c1-11(16)8-9-12-7-5-6-10-15(12)13(17)18-14(2,3)4/h12H,5-10H2,1-4H3. The molecule has 1 fully saturated rings. The molecule has 0 aliphatic carbocycles. The van der Waals surface area contributed by atoms with Crippen molar-refractivity contribution in [2.75, 3.05) is 6.54 Å². The van der Waals surface area contributed by atoms with E-state index in [0.29, 0.717) is 6.42 Å². The van der Waals surface area contributed by atoms with Gasteiger partial charge < -0.3 is 14.4 Å². The fourth-order valence-corrected chi connectivity index (χ4v) is 2.23. The Morgan fingerprint density at radius 2 is 1.94 bits per heavy atom. The predicted octanol–water partition coefficient (Wildman–Crippen LogP) is 3.15. The average Bonchev–Trinajstić information content (AvgIpc) is 2.24. The van der Waals surface area contributed by atoms with E-state index in [1.165, 1.54) is 0 Å². The van der Waals surface area contributed by atoms with Crippen molar-refractivity contribution in [1.82, 2.24) is 4.90 Å². The summed E-state index contributed by atoms with van der Waals surface area (Å²) in [5.41, 5.74) is -0.459. The second kappa shape index (κ2) is 6.21. The molecular formula is C14H25NO3. The van der Waals surface area contributed by atoms with E-state index in [2.05, 4.69) is 0 Å². The summed E-state index contributed by atoms with van der Waals surface area (Å²) in [7, 11) is 0. The van der Waals surface area contributed by atoms with E-state index in [9.17, 15) is 9.59 Å². The highest BCUT2D eigenvalue weighted by atomic mass is 16.6. The Balaban J connectivity index is 2.58. The van der Waals surface area contributed by atoms with E-state index in [1.54, 1.807) is 11.8 Å². The second-order valence-electron chi connectivity index (χ2n) is 6.06. The molecule has 18 heavy (non-hydrogen) atoms. The van der Waals surface area contributed by atoms with Crippen LogP contribution in [0.3, 0.4) is 0 Å². The Morgan fingerprint density at radius 1 is 1.28 bits per heavy atom. The number of Topliss-reactive ketones (excluding diaryl/α,β-unsaturated/α-hetero) is 1. The molecule has 1 heterocycles. The summed E-state index contributed by atoms with van der Waals surface area (Å²) in [5.74, 6) is 0.185. The molecule has 1 aliphatic rings. The number of likely N-dealkylation sites (tertiary alicyclic amines) is 1. The molecule has 0 aromatic heterocycles. The molecule has 1 atom stereocenters. The van der Waals surface area contributed by atoms with Crippen LogP contribution in [0.5, 0.6) is 0 Å². The van der Waals surface area contributed by atoms with Crippen molar-refractivity contribution in [3.05, 3.63) is 0 Å². The third-order valence-electron chi connectivity index (χ3n) is 3.08. The van der Waals surface area contributed by atoms with Gasteiger partial charge in [-0.15, -0.1) is 0 Å². The molecule has 0 spiro atoms. The third-order valence-corrected chi connectivity index (χ3v) is 3.08. The highest BCUT2D eigenvalue weighted by Gasteiger charge is 2.30. The summed E-state index contributed by atoms with van der Waals surface area (Å²) in [4.78, 5) is 24.9. The lowest BCUT2D eigenvalue weighted by molar-refractivity contribution is -0.117. The zero-order valence-electron chi connectivity index (χ0n) is 12.0. The van der Waals surface area contributed by atoms with Gasteiger partial charge in [0.05, 0.1) is 0 Å². The molecule has 0 N–H and O–H groups in total. The van der Waals surface area contributed by atoms with Gasteiger partial charge in [-0.2, -0.15) is 0 Å². The number of carbonyl (C=O) groups excluding carboxylic acids is 2. The lowest BCUT2D eigenvalue weighted by atomic mass is 9.97. The van der Waals surface area contributed by atoms with E-state index in [0.717, 1.165) is 32.2 Å². The van der Waals surface area contributed by atoms with Crippen LogP contribution in [0.1, 0.15) is 59.8 Å². The van der Waals surface area contributed by atoms with E-state index >= 15 is 0 Å². The maximum atomic E-state index is 12.1. The lowest BCUT2D eigenvalue weighted by Gasteiger charge is -2.36.